The maximum Gasteiger partial charge on any atom is 0.220 e. The molecule has 0 aliphatic carbocycles. The summed E-state index contributed by atoms with van der Waals surface area (Å²) in [6.07, 6.45) is 1.32. The molecule has 0 aliphatic rings. The molecule has 1 heterocycles. The summed E-state index contributed by atoms with van der Waals surface area (Å²) in [6, 6.07) is 12.8. The van der Waals surface area contributed by atoms with Crippen molar-refractivity contribution >= 4 is 17.2 Å². The zero-order valence-electron chi connectivity index (χ0n) is 13.8. The number of amides is 1. The van der Waals surface area contributed by atoms with Crippen LogP contribution in [0, 0.1) is 0 Å². The Kier molecular flexibility index (Phi) is 5.41. The highest BCUT2D eigenvalue weighted by molar-refractivity contribution is 7.10. The van der Waals surface area contributed by atoms with Gasteiger partial charge in [-0.05, 0) is 41.3 Å². The van der Waals surface area contributed by atoms with Crippen molar-refractivity contribution in [3.8, 4) is 0 Å². The number of hydrogen-bond donors (Lipinski definition) is 1. The van der Waals surface area contributed by atoms with Gasteiger partial charge in [-0.15, -0.1) is 11.3 Å². The average molecular weight is 315 g/mol. The van der Waals surface area contributed by atoms with Gasteiger partial charge in [-0.2, -0.15) is 0 Å². The number of carbonyl (C=O) groups excluding carboxylic acids is 1. The minimum atomic E-state index is 0.0933. The molecule has 0 saturated heterocycles. The van der Waals surface area contributed by atoms with Gasteiger partial charge in [-0.3, -0.25) is 4.79 Å². The summed E-state index contributed by atoms with van der Waals surface area (Å²) in [5, 5.41) is 5.10. The van der Waals surface area contributed by atoms with Crippen molar-refractivity contribution in [1.29, 1.82) is 0 Å². The smallest absolute Gasteiger partial charge is 0.220 e. The maximum absolute atomic E-state index is 12.0. The lowest BCUT2D eigenvalue weighted by Gasteiger charge is -2.19. The van der Waals surface area contributed by atoms with E-state index in [2.05, 4.69) is 56.4 Å². The summed E-state index contributed by atoms with van der Waals surface area (Å²) >= 11 is 1.68. The fourth-order valence-electron chi connectivity index (χ4n) is 2.35. The Bertz CT molecular complexity index is 593. The quantitative estimate of drug-likeness (QED) is 0.839. The molecule has 0 spiro atoms. The van der Waals surface area contributed by atoms with Crippen LogP contribution in [0.2, 0.25) is 0 Å². The largest absolute Gasteiger partial charge is 0.349 e. The van der Waals surface area contributed by atoms with Gasteiger partial charge in [0, 0.05) is 11.3 Å². The second-order valence-electron chi connectivity index (χ2n) is 6.75. The average Bonchev–Trinajstić information content (AvgIpc) is 2.99. The molecule has 1 aromatic heterocycles. The number of benzene rings is 1. The number of thiophene rings is 1. The van der Waals surface area contributed by atoms with Gasteiger partial charge in [0.15, 0.2) is 0 Å². The topological polar surface area (TPSA) is 29.1 Å². The molecule has 0 bridgehead atoms. The van der Waals surface area contributed by atoms with E-state index in [1.807, 2.05) is 18.4 Å². The highest BCUT2D eigenvalue weighted by atomic mass is 32.1. The minimum Gasteiger partial charge on any atom is -0.349 e. The number of nitrogens with one attached hydrogen (secondary N) is 1. The predicted molar refractivity (Wildman–Crippen MR) is 94.3 cm³/mol. The van der Waals surface area contributed by atoms with E-state index in [4.69, 9.17) is 0 Å². The lowest BCUT2D eigenvalue weighted by molar-refractivity contribution is -0.121. The molecule has 1 N–H and O–H groups in total. The lowest BCUT2D eigenvalue weighted by Crippen LogP contribution is -2.26. The van der Waals surface area contributed by atoms with Crippen LogP contribution >= 0.6 is 11.3 Å². The van der Waals surface area contributed by atoms with Crippen LogP contribution in [0.5, 0.6) is 0 Å². The minimum absolute atomic E-state index is 0.0933. The monoisotopic (exact) mass is 315 g/mol. The van der Waals surface area contributed by atoms with Crippen molar-refractivity contribution in [3.63, 3.8) is 0 Å². The van der Waals surface area contributed by atoms with E-state index in [0.717, 1.165) is 6.42 Å². The molecule has 118 valence electrons. The highest BCUT2D eigenvalue weighted by Gasteiger charge is 2.13. The van der Waals surface area contributed by atoms with Gasteiger partial charge >= 0.3 is 0 Å². The van der Waals surface area contributed by atoms with Crippen molar-refractivity contribution < 1.29 is 4.79 Å². The number of rotatable bonds is 5. The number of carbonyl (C=O) groups is 1. The van der Waals surface area contributed by atoms with Crippen LogP contribution in [0.4, 0.5) is 0 Å². The van der Waals surface area contributed by atoms with Crippen molar-refractivity contribution in [2.75, 3.05) is 0 Å². The van der Waals surface area contributed by atoms with Crippen molar-refractivity contribution in [3.05, 3.63) is 57.8 Å². The van der Waals surface area contributed by atoms with E-state index in [9.17, 15) is 4.79 Å². The summed E-state index contributed by atoms with van der Waals surface area (Å²) in [7, 11) is 0. The molecular formula is C19H25NOS. The van der Waals surface area contributed by atoms with E-state index in [0.29, 0.717) is 6.42 Å². The van der Waals surface area contributed by atoms with Gasteiger partial charge in [0.1, 0.15) is 0 Å². The van der Waals surface area contributed by atoms with Crippen molar-refractivity contribution in [1.82, 2.24) is 5.32 Å². The SMILES string of the molecule is C[C@@H](NC(=O)CCc1ccc(C(C)(C)C)cc1)c1cccs1. The summed E-state index contributed by atoms with van der Waals surface area (Å²) in [4.78, 5) is 13.2. The van der Waals surface area contributed by atoms with Gasteiger partial charge in [-0.25, -0.2) is 0 Å². The van der Waals surface area contributed by atoms with Crippen LogP contribution in [0.15, 0.2) is 41.8 Å². The Morgan fingerprint density at radius 3 is 2.41 bits per heavy atom. The van der Waals surface area contributed by atoms with Gasteiger partial charge in [0.25, 0.3) is 0 Å². The number of aryl methyl sites for hydroxylation is 1. The van der Waals surface area contributed by atoms with Crippen LogP contribution in [-0.2, 0) is 16.6 Å². The maximum atomic E-state index is 12.0. The fourth-order valence-corrected chi connectivity index (χ4v) is 3.09. The summed E-state index contributed by atoms with van der Waals surface area (Å²) in [5.74, 6) is 0.112. The van der Waals surface area contributed by atoms with E-state index in [1.165, 1.54) is 16.0 Å². The van der Waals surface area contributed by atoms with E-state index < -0.39 is 0 Å². The predicted octanol–water partition coefficient (Wildman–Crippen LogP) is 4.86. The van der Waals surface area contributed by atoms with Gasteiger partial charge in [0.05, 0.1) is 6.04 Å². The van der Waals surface area contributed by atoms with Crippen LogP contribution in [0.25, 0.3) is 0 Å². The first kappa shape index (κ1) is 16.8. The zero-order chi connectivity index (χ0) is 16.2. The summed E-state index contributed by atoms with van der Waals surface area (Å²) in [5.41, 5.74) is 2.71. The van der Waals surface area contributed by atoms with Gasteiger partial charge in [-0.1, -0.05) is 51.1 Å². The van der Waals surface area contributed by atoms with Crippen molar-refractivity contribution in [2.45, 2.75) is 52.0 Å². The summed E-state index contributed by atoms with van der Waals surface area (Å²) < 4.78 is 0. The molecule has 1 amide bonds. The molecule has 1 aromatic carbocycles. The van der Waals surface area contributed by atoms with Crippen LogP contribution in [0.1, 0.15) is 56.2 Å². The highest BCUT2D eigenvalue weighted by Crippen LogP contribution is 2.22. The molecule has 0 radical (unpaired) electrons. The molecule has 2 aromatic rings. The molecule has 22 heavy (non-hydrogen) atoms. The molecule has 2 nitrogen and oxygen atoms in total. The van der Waals surface area contributed by atoms with Gasteiger partial charge < -0.3 is 5.32 Å². The first-order chi connectivity index (χ1) is 10.4. The first-order valence-corrected chi connectivity index (χ1v) is 8.66. The van der Waals surface area contributed by atoms with E-state index in [-0.39, 0.29) is 17.4 Å². The molecule has 0 saturated carbocycles. The van der Waals surface area contributed by atoms with Crippen LogP contribution < -0.4 is 5.32 Å². The second-order valence-corrected chi connectivity index (χ2v) is 7.73. The van der Waals surface area contributed by atoms with Crippen LogP contribution in [0.3, 0.4) is 0 Å². The molecule has 1 atom stereocenters. The third kappa shape index (κ3) is 4.70. The Morgan fingerprint density at radius 2 is 1.86 bits per heavy atom. The Morgan fingerprint density at radius 1 is 1.18 bits per heavy atom. The zero-order valence-corrected chi connectivity index (χ0v) is 14.7. The third-order valence-electron chi connectivity index (χ3n) is 3.81. The first-order valence-electron chi connectivity index (χ1n) is 7.78. The van der Waals surface area contributed by atoms with E-state index in [1.54, 1.807) is 11.3 Å². The molecule has 0 fully saturated rings. The van der Waals surface area contributed by atoms with Gasteiger partial charge in [0.2, 0.25) is 5.91 Å². The second kappa shape index (κ2) is 7.10. The standard InChI is InChI=1S/C19H25NOS/c1-14(17-6-5-13-22-17)20-18(21)12-9-15-7-10-16(11-8-15)19(2,3)4/h5-8,10-11,13-14H,9,12H2,1-4H3,(H,20,21)/t14-/m1/s1. The summed E-state index contributed by atoms with van der Waals surface area (Å²) in [6.45, 7) is 8.66. The Labute approximate surface area is 137 Å². The van der Waals surface area contributed by atoms with E-state index >= 15 is 0 Å². The molecule has 0 unspecified atom stereocenters. The normalized spacial score (nSPS) is 12.9. The number of hydrogen-bond acceptors (Lipinski definition) is 2. The van der Waals surface area contributed by atoms with Crippen molar-refractivity contribution in [2.24, 2.45) is 0 Å². The Balaban J connectivity index is 1.83. The molecule has 0 aliphatic heterocycles. The fraction of sp³-hybridized carbons (Fsp3) is 0.421. The third-order valence-corrected chi connectivity index (χ3v) is 4.86. The molecular weight excluding hydrogens is 290 g/mol. The van der Waals surface area contributed by atoms with Crippen LogP contribution in [-0.4, -0.2) is 5.91 Å². The molecule has 2 rings (SSSR count). The Hall–Kier alpha value is -1.61. The lowest BCUT2D eigenvalue weighted by atomic mass is 9.86. The molecule has 3 heteroatoms.